The van der Waals surface area contributed by atoms with E-state index in [0.717, 1.165) is 25.2 Å². The minimum absolute atomic E-state index is 0.145. The second kappa shape index (κ2) is 7.64. The predicted molar refractivity (Wildman–Crippen MR) is 106 cm³/mol. The Bertz CT molecular complexity index is 1290. The molecule has 0 fully saturated rings. The third-order valence-electron chi connectivity index (χ3n) is 3.98. The lowest BCUT2D eigenvalue weighted by atomic mass is 10.3. The smallest absolute Gasteiger partial charge is 0.258 e. The van der Waals surface area contributed by atoms with E-state index in [4.69, 9.17) is 0 Å². The van der Waals surface area contributed by atoms with Gasteiger partial charge in [0, 0.05) is 22.6 Å². The fraction of sp³-hybridized carbons (Fsp3) is 0.167. The summed E-state index contributed by atoms with van der Waals surface area (Å²) in [5.41, 5.74) is -1.90. The Morgan fingerprint density at radius 1 is 0.893 bits per heavy atom. The highest BCUT2D eigenvalue weighted by atomic mass is 32.2. The van der Waals surface area contributed by atoms with Gasteiger partial charge in [-0.25, -0.2) is 31.9 Å². The molecular weight excluding hydrogens is 402 g/mol. The van der Waals surface area contributed by atoms with Gasteiger partial charge in [0.25, 0.3) is 0 Å². The van der Waals surface area contributed by atoms with Crippen molar-refractivity contribution in [3.63, 3.8) is 0 Å². The molecule has 28 heavy (non-hydrogen) atoms. The molecule has 0 radical (unpaired) electrons. The van der Waals surface area contributed by atoms with Crippen molar-refractivity contribution >= 4 is 21.6 Å². The van der Waals surface area contributed by atoms with Gasteiger partial charge in [-0.2, -0.15) is 0 Å². The van der Waals surface area contributed by atoms with Gasteiger partial charge >= 0.3 is 17.1 Å². The third kappa shape index (κ3) is 4.02. The van der Waals surface area contributed by atoms with E-state index in [1.54, 1.807) is 55.5 Å². The van der Waals surface area contributed by atoms with Crippen LogP contribution >= 0.6 is 11.8 Å². The lowest BCUT2D eigenvalue weighted by molar-refractivity contribution is 0.599. The topological polar surface area (TPSA) is 111 Å². The van der Waals surface area contributed by atoms with E-state index in [1.165, 1.54) is 11.8 Å². The summed E-state index contributed by atoms with van der Waals surface area (Å²) >= 11 is 1.41. The molecule has 8 nitrogen and oxygen atoms in total. The summed E-state index contributed by atoms with van der Waals surface area (Å²) in [5, 5.41) is 0. The molecule has 1 heterocycles. The van der Waals surface area contributed by atoms with Crippen molar-refractivity contribution in [2.75, 3.05) is 6.26 Å². The molecule has 0 amide bonds. The maximum Gasteiger partial charge on any atom is 0.340 e. The molecule has 0 aliphatic heterocycles. The summed E-state index contributed by atoms with van der Waals surface area (Å²) in [6, 6.07) is 13.2. The normalized spacial score (nSPS) is 11.5. The van der Waals surface area contributed by atoms with Crippen LogP contribution in [0.4, 0.5) is 0 Å². The molecular formula is C18H17N3O5S2. The summed E-state index contributed by atoms with van der Waals surface area (Å²) in [4.78, 5) is 40.2. The molecule has 3 aromatic rings. The molecule has 3 rings (SSSR count). The molecule has 0 spiro atoms. The largest absolute Gasteiger partial charge is 0.340 e. The molecule has 0 bridgehead atoms. The van der Waals surface area contributed by atoms with Gasteiger partial charge in [-0.3, -0.25) is 4.98 Å². The molecule has 0 aliphatic rings. The summed E-state index contributed by atoms with van der Waals surface area (Å²) in [6.45, 7) is 1.78. The Labute approximate surface area is 164 Å². The van der Waals surface area contributed by atoms with Crippen LogP contribution in [0.2, 0.25) is 0 Å². The van der Waals surface area contributed by atoms with Gasteiger partial charge in [-0.05, 0) is 55.5 Å². The number of hydrogen-bond donors (Lipinski definition) is 1. The Morgan fingerprint density at radius 3 is 1.93 bits per heavy atom. The first-order valence-electron chi connectivity index (χ1n) is 8.25. The van der Waals surface area contributed by atoms with E-state index in [9.17, 15) is 22.8 Å². The summed E-state index contributed by atoms with van der Waals surface area (Å²) in [7, 11) is -3.24. The summed E-state index contributed by atoms with van der Waals surface area (Å²) < 4.78 is 24.9. The maximum atomic E-state index is 12.4. The van der Waals surface area contributed by atoms with E-state index < -0.39 is 26.9 Å². The number of H-pyrrole nitrogens is 1. The zero-order valence-corrected chi connectivity index (χ0v) is 16.7. The predicted octanol–water partition coefficient (Wildman–Crippen LogP) is 1.26. The van der Waals surface area contributed by atoms with Crippen molar-refractivity contribution in [3.05, 3.63) is 80.0 Å². The fourth-order valence-electron chi connectivity index (χ4n) is 2.57. The van der Waals surface area contributed by atoms with Gasteiger partial charge in [-0.15, -0.1) is 0 Å². The van der Waals surface area contributed by atoms with Crippen LogP contribution in [-0.2, 0) is 16.4 Å². The van der Waals surface area contributed by atoms with Crippen LogP contribution in [0.5, 0.6) is 0 Å². The molecule has 0 saturated heterocycles. The monoisotopic (exact) mass is 419 g/mol. The second-order valence-corrected chi connectivity index (χ2v) is 9.10. The van der Waals surface area contributed by atoms with Crippen molar-refractivity contribution in [2.45, 2.75) is 28.2 Å². The molecule has 0 atom stereocenters. The molecule has 0 aliphatic carbocycles. The van der Waals surface area contributed by atoms with Crippen LogP contribution < -0.4 is 17.1 Å². The van der Waals surface area contributed by atoms with Crippen LogP contribution in [0.3, 0.4) is 0 Å². The average Bonchev–Trinajstić information content (AvgIpc) is 2.63. The first kappa shape index (κ1) is 19.9. The van der Waals surface area contributed by atoms with Crippen molar-refractivity contribution < 1.29 is 8.42 Å². The lowest BCUT2D eigenvalue weighted by Gasteiger charge is -2.08. The maximum absolute atomic E-state index is 12.4. The van der Waals surface area contributed by atoms with E-state index >= 15 is 0 Å². The molecule has 10 heteroatoms. The Hall–Kier alpha value is -2.85. The number of hydrogen-bond acceptors (Lipinski definition) is 6. The number of aromatic nitrogens is 3. The minimum atomic E-state index is -3.24. The summed E-state index contributed by atoms with van der Waals surface area (Å²) in [6.07, 6.45) is 1.15. The van der Waals surface area contributed by atoms with Crippen LogP contribution in [0.25, 0.3) is 5.69 Å². The van der Waals surface area contributed by atoms with Gasteiger partial charge in [0.2, 0.25) is 0 Å². The van der Waals surface area contributed by atoms with Gasteiger partial charge in [-0.1, -0.05) is 11.8 Å². The SMILES string of the molecule is CCn1c(=O)[nH]c(=O)n(-c2ccc(Sc3ccc(S(C)(=O)=O)cc3)cc2)c1=O. The Kier molecular flexibility index (Phi) is 5.43. The van der Waals surface area contributed by atoms with E-state index in [1.807, 2.05) is 0 Å². The molecule has 1 N–H and O–H groups in total. The third-order valence-corrected chi connectivity index (χ3v) is 6.13. The van der Waals surface area contributed by atoms with E-state index in [-0.39, 0.29) is 11.4 Å². The molecule has 0 unspecified atom stereocenters. The second-order valence-electron chi connectivity index (χ2n) is 5.94. The quantitative estimate of drug-likeness (QED) is 0.667. The van der Waals surface area contributed by atoms with Crippen LogP contribution in [0, 0.1) is 0 Å². The number of nitrogens with zero attached hydrogens (tertiary/aromatic N) is 2. The first-order chi connectivity index (χ1) is 13.2. The molecule has 0 saturated carbocycles. The van der Waals surface area contributed by atoms with Gasteiger partial charge in [0.15, 0.2) is 9.84 Å². The number of rotatable bonds is 5. The molecule has 146 valence electrons. The number of nitrogens with one attached hydrogen (secondary N) is 1. The van der Waals surface area contributed by atoms with Gasteiger partial charge < -0.3 is 0 Å². The minimum Gasteiger partial charge on any atom is -0.258 e. The Morgan fingerprint density at radius 2 is 1.43 bits per heavy atom. The molecule has 1 aromatic heterocycles. The number of aromatic amines is 1. The van der Waals surface area contributed by atoms with Crippen molar-refractivity contribution in [2.24, 2.45) is 0 Å². The highest BCUT2D eigenvalue weighted by Gasteiger charge is 2.11. The van der Waals surface area contributed by atoms with Gasteiger partial charge in [0.1, 0.15) is 0 Å². The zero-order valence-electron chi connectivity index (χ0n) is 15.1. The zero-order chi connectivity index (χ0) is 20.5. The van der Waals surface area contributed by atoms with Crippen LogP contribution in [0.15, 0.2) is 77.6 Å². The highest BCUT2D eigenvalue weighted by Crippen LogP contribution is 2.28. The van der Waals surface area contributed by atoms with Crippen LogP contribution in [-0.4, -0.2) is 28.8 Å². The van der Waals surface area contributed by atoms with Crippen LogP contribution in [0.1, 0.15) is 6.92 Å². The first-order valence-corrected chi connectivity index (χ1v) is 11.0. The lowest BCUT2D eigenvalue weighted by Crippen LogP contribution is -2.48. The average molecular weight is 419 g/mol. The van der Waals surface area contributed by atoms with Crippen molar-refractivity contribution in [3.8, 4) is 5.69 Å². The van der Waals surface area contributed by atoms with E-state index in [0.29, 0.717) is 5.69 Å². The fourth-order valence-corrected chi connectivity index (χ4v) is 4.02. The van der Waals surface area contributed by atoms with Crippen molar-refractivity contribution in [1.29, 1.82) is 0 Å². The van der Waals surface area contributed by atoms with Crippen molar-refractivity contribution in [1.82, 2.24) is 14.1 Å². The number of sulfone groups is 1. The molecule has 2 aromatic carbocycles. The standard InChI is InChI=1S/C18H17N3O5S2/c1-3-20-16(22)19-17(23)21(18(20)24)12-4-6-13(7-5-12)27-14-8-10-15(11-9-14)28(2,25)26/h4-11H,3H2,1-2H3,(H,19,22,23). The Balaban J connectivity index is 1.90. The summed E-state index contributed by atoms with van der Waals surface area (Å²) in [5.74, 6) is 0. The number of benzene rings is 2. The highest BCUT2D eigenvalue weighted by molar-refractivity contribution is 7.99. The van der Waals surface area contributed by atoms with E-state index in [2.05, 4.69) is 4.98 Å². The van der Waals surface area contributed by atoms with Gasteiger partial charge in [0.05, 0.1) is 10.6 Å².